The predicted octanol–water partition coefficient (Wildman–Crippen LogP) is 2.73. The summed E-state index contributed by atoms with van der Waals surface area (Å²) in [5, 5.41) is 2.84. The van der Waals surface area contributed by atoms with Crippen LogP contribution in [0.25, 0.3) is 6.08 Å². The van der Waals surface area contributed by atoms with Crippen LogP contribution < -0.4 is 11.1 Å². The molecule has 0 bridgehead atoms. The number of benzene rings is 1. The lowest BCUT2D eigenvalue weighted by Gasteiger charge is -2.32. The maximum Gasteiger partial charge on any atom is 0.492 e. The van der Waals surface area contributed by atoms with Crippen LogP contribution in [-0.4, -0.2) is 30.8 Å². The molecule has 130 valence electrons. The lowest BCUT2D eigenvalue weighted by molar-refractivity contribution is -0.118. The minimum atomic E-state index is -0.501. The number of hydrogen-bond acceptors (Lipinski definition) is 4. The second-order valence-electron chi connectivity index (χ2n) is 7.33. The predicted molar refractivity (Wildman–Crippen MR) is 98.3 cm³/mol. The largest absolute Gasteiger partial charge is 0.492 e. The Morgan fingerprint density at radius 3 is 2.33 bits per heavy atom. The Bertz CT molecular complexity index is 652. The number of nitrogens with two attached hydrogens (primary N) is 1. The second kappa shape index (κ2) is 6.61. The van der Waals surface area contributed by atoms with Gasteiger partial charge in [0.05, 0.1) is 11.2 Å². The first kappa shape index (κ1) is 18.6. The number of anilines is 1. The first-order valence-corrected chi connectivity index (χ1v) is 8.18. The molecule has 0 spiro atoms. The van der Waals surface area contributed by atoms with Crippen LogP contribution in [-0.2, 0) is 14.1 Å². The summed E-state index contributed by atoms with van der Waals surface area (Å²) in [6, 6.07) is 5.74. The number of hydrogen-bond donors (Lipinski definition) is 2. The highest BCUT2D eigenvalue weighted by atomic mass is 16.7. The lowest BCUT2D eigenvalue weighted by Crippen LogP contribution is -2.41. The van der Waals surface area contributed by atoms with Crippen LogP contribution in [0.1, 0.15) is 45.7 Å². The van der Waals surface area contributed by atoms with Gasteiger partial charge in [0.2, 0.25) is 5.91 Å². The van der Waals surface area contributed by atoms with E-state index >= 15 is 0 Å². The molecule has 6 heteroatoms. The summed E-state index contributed by atoms with van der Waals surface area (Å²) in [4.78, 5) is 11.3. The number of nitrogen functional groups attached to an aromatic ring is 1. The van der Waals surface area contributed by atoms with Gasteiger partial charge in [-0.3, -0.25) is 4.79 Å². The highest BCUT2D eigenvalue weighted by Crippen LogP contribution is 2.38. The molecule has 3 N–H and O–H groups in total. The fourth-order valence-electron chi connectivity index (χ4n) is 2.48. The van der Waals surface area contributed by atoms with Crippen molar-refractivity contribution in [3.63, 3.8) is 0 Å². The number of carbonyl (C=O) groups is 1. The molecule has 0 aliphatic carbocycles. The van der Waals surface area contributed by atoms with Crippen molar-refractivity contribution in [3.05, 3.63) is 34.8 Å². The van der Waals surface area contributed by atoms with E-state index in [-0.39, 0.29) is 5.91 Å². The van der Waals surface area contributed by atoms with Gasteiger partial charge in [-0.25, -0.2) is 0 Å². The van der Waals surface area contributed by atoms with Gasteiger partial charge in [-0.1, -0.05) is 12.1 Å². The maximum absolute atomic E-state index is 11.3. The molecule has 1 saturated heterocycles. The van der Waals surface area contributed by atoms with Gasteiger partial charge in [0.25, 0.3) is 0 Å². The van der Waals surface area contributed by atoms with E-state index in [0.717, 1.165) is 22.3 Å². The van der Waals surface area contributed by atoms with Crippen LogP contribution in [0, 0.1) is 6.92 Å². The smallest absolute Gasteiger partial charge is 0.400 e. The first-order chi connectivity index (χ1) is 11.0. The van der Waals surface area contributed by atoms with Crippen LogP contribution >= 0.6 is 0 Å². The van der Waals surface area contributed by atoms with Crippen LogP contribution in [0.2, 0.25) is 0 Å². The molecule has 0 atom stereocenters. The number of nitrogens with one attached hydrogen (secondary N) is 1. The summed E-state index contributed by atoms with van der Waals surface area (Å²) in [6.45, 7) is 11.9. The first-order valence-electron chi connectivity index (χ1n) is 8.18. The Morgan fingerprint density at radius 1 is 1.25 bits per heavy atom. The third-order valence-electron chi connectivity index (χ3n) is 4.73. The van der Waals surface area contributed by atoms with E-state index in [0.29, 0.717) is 6.54 Å². The molecule has 0 radical (unpaired) electrons. The van der Waals surface area contributed by atoms with Crippen LogP contribution in [0.5, 0.6) is 0 Å². The molecule has 0 aromatic heterocycles. The molecular weight excluding hydrogens is 303 g/mol. The van der Waals surface area contributed by atoms with Crippen LogP contribution in [0.3, 0.4) is 0 Å². The van der Waals surface area contributed by atoms with Gasteiger partial charge in [-0.2, -0.15) is 0 Å². The van der Waals surface area contributed by atoms with E-state index in [1.165, 1.54) is 6.92 Å². The Labute approximate surface area is 144 Å². The molecule has 1 aliphatic heterocycles. The highest BCUT2D eigenvalue weighted by molar-refractivity contribution is 6.56. The number of carbonyl (C=O) groups excluding carboxylic acids is 1. The van der Waals surface area contributed by atoms with Gasteiger partial charge >= 0.3 is 7.12 Å². The standard InChI is InChI=1S/C18H27BN2O3/c1-12-9-16(20)8-7-14(12)10-15(11-21-13(2)22)19-23-17(3,4)18(5,6)24-19/h7-10H,11,20H2,1-6H3,(H,21,22). The second-order valence-corrected chi connectivity index (χ2v) is 7.33. The average Bonchev–Trinajstić information content (AvgIpc) is 2.65. The van der Waals surface area contributed by atoms with Gasteiger partial charge < -0.3 is 20.4 Å². The third-order valence-corrected chi connectivity index (χ3v) is 4.73. The monoisotopic (exact) mass is 330 g/mol. The minimum absolute atomic E-state index is 0.0913. The van der Waals surface area contributed by atoms with Gasteiger partial charge in [-0.05, 0) is 63.4 Å². The molecule has 1 heterocycles. The fraction of sp³-hybridized carbons (Fsp3) is 0.500. The van der Waals surface area contributed by atoms with E-state index in [9.17, 15) is 4.79 Å². The molecule has 0 unspecified atom stereocenters. The molecule has 1 aromatic carbocycles. The topological polar surface area (TPSA) is 73.6 Å². The molecule has 0 saturated carbocycles. The molecule has 1 fully saturated rings. The molecule has 1 aliphatic rings. The zero-order valence-corrected chi connectivity index (χ0v) is 15.4. The summed E-state index contributed by atoms with van der Waals surface area (Å²) < 4.78 is 12.3. The number of amides is 1. The quantitative estimate of drug-likeness (QED) is 0.658. The Balaban J connectivity index is 2.35. The number of aryl methyl sites for hydroxylation is 1. The van der Waals surface area contributed by atoms with E-state index in [1.807, 2.05) is 58.9 Å². The number of rotatable bonds is 4. The Hall–Kier alpha value is -1.79. The van der Waals surface area contributed by atoms with E-state index in [1.54, 1.807) is 0 Å². The molecule has 24 heavy (non-hydrogen) atoms. The van der Waals surface area contributed by atoms with Crippen molar-refractivity contribution in [1.29, 1.82) is 0 Å². The highest BCUT2D eigenvalue weighted by Gasteiger charge is 2.52. The molecule has 5 nitrogen and oxygen atoms in total. The van der Waals surface area contributed by atoms with Gasteiger partial charge in [0, 0.05) is 19.2 Å². The van der Waals surface area contributed by atoms with Gasteiger partial charge in [0.15, 0.2) is 0 Å². The van der Waals surface area contributed by atoms with Crippen LogP contribution in [0.15, 0.2) is 23.7 Å². The minimum Gasteiger partial charge on any atom is -0.400 e. The Kier molecular flexibility index (Phi) is 5.11. The SMILES string of the molecule is CC(=O)NCC(=Cc1ccc(N)cc1C)B1OC(C)(C)C(C)(C)O1. The van der Waals surface area contributed by atoms with Crippen molar-refractivity contribution >= 4 is 24.8 Å². The van der Waals surface area contributed by atoms with Crippen molar-refractivity contribution in [2.75, 3.05) is 12.3 Å². The fourth-order valence-corrected chi connectivity index (χ4v) is 2.48. The molecule has 1 aromatic rings. The molecule has 2 rings (SSSR count). The molecule has 1 amide bonds. The summed E-state index contributed by atoms with van der Waals surface area (Å²) in [7, 11) is -0.501. The summed E-state index contributed by atoms with van der Waals surface area (Å²) >= 11 is 0. The zero-order chi connectivity index (χ0) is 18.1. The maximum atomic E-state index is 11.3. The van der Waals surface area contributed by atoms with Crippen molar-refractivity contribution in [2.45, 2.75) is 52.7 Å². The Morgan fingerprint density at radius 2 is 1.83 bits per heavy atom. The van der Waals surface area contributed by atoms with Crippen LogP contribution in [0.4, 0.5) is 5.69 Å². The van der Waals surface area contributed by atoms with Crippen molar-refractivity contribution in [1.82, 2.24) is 5.32 Å². The lowest BCUT2D eigenvalue weighted by atomic mass is 9.76. The summed E-state index contributed by atoms with van der Waals surface area (Å²) in [6.07, 6.45) is 2.01. The van der Waals surface area contributed by atoms with Crippen molar-refractivity contribution in [3.8, 4) is 0 Å². The normalized spacial score (nSPS) is 19.4. The zero-order valence-electron chi connectivity index (χ0n) is 15.4. The van der Waals surface area contributed by atoms with E-state index in [4.69, 9.17) is 15.0 Å². The molecular formula is C18H27BN2O3. The van der Waals surface area contributed by atoms with Crippen molar-refractivity contribution < 1.29 is 14.1 Å². The summed E-state index contributed by atoms with van der Waals surface area (Å²) in [5.41, 5.74) is 8.65. The van der Waals surface area contributed by atoms with Gasteiger partial charge in [-0.15, -0.1) is 0 Å². The van der Waals surface area contributed by atoms with Crippen molar-refractivity contribution in [2.24, 2.45) is 0 Å². The van der Waals surface area contributed by atoms with E-state index in [2.05, 4.69) is 5.32 Å². The van der Waals surface area contributed by atoms with E-state index < -0.39 is 18.3 Å². The third kappa shape index (κ3) is 4.00. The van der Waals surface area contributed by atoms with Gasteiger partial charge in [0.1, 0.15) is 0 Å². The average molecular weight is 330 g/mol. The summed E-state index contributed by atoms with van der Waals surface area (Å²) in [5.74, 6) is -0.0913.